The van der Waals surface area contributed by atoms with Crippen LogP contribution in [-0.4, -0.2) is 50.9 Å². The van der Waals surface area contributed by atoms with Gasteiger partial charge in [-0.2, -0.15) is 0 Å². The topological polar surface area (TPSA) is 62.9 Å². The summed E-state index contributed by atoms with van der Waals surface area (Å²) in [5, 5.41) is 1.15. The fourth-order valence-corrected chi connectivity index (χ4v) is 4.21. The molecular weight excluding hydrogens is 402 g/mol. The summed E-state index contributed by atoms with van der Waals surface area (Å²) in [7, 11) is 1.78. The third-order valence-corrected chi connectivity index (χ3v) is 5.90. The zero-order valence-corrected chi connectivity index (χ0v) is 17.2. The molecule has 1 aliphatic heterocycles. The lowest BCUT2D eigenvalue weighted by molar-refractivity contribution is 0.0737. The van der Waals surface area contributed by atoms with E-state index in [9.17, 15) is 9.59 Å². The van der Waals surface area contributed by atoms with E-state index in [1.807, 2.05) is 35.2 Å². The highest BCUT2D eigenvalue weighted by Gasteiger charge is 2.26. The molecule has 0 spiro atoms. The Morgan fingerprint density at radius 1 is 1.03 bits per heavy atom. The molecule has 4 heterocycles. The highest BCUT2D eigenvalue weighted by molar-refractivity contribution is 6.30. The first-order valence-corrected chi connectivity index (χ1v) is 10.2. The number of aromatic nitrogens is 3. The van der Waals surface area contributed by atoms with Gasteiger partial charge in [-0.25, -0.2) is 4.98 Å². The van der Waals surface area contributed by atoms with Crippen molar-refractivity contribution in [1.29, 1.82) is 0 Å². The van der Waals surface area contributed by atoms with Gasteiger partial charge in [0.15, 0.2) is 0 Å². The lowest BCUT2D eigenvalue weighted by atomic mass is 10.2. The second-order valence-electron chi connectivity index (χ2n) is 7.43. The number of rotatable bonds is 2. The number of pyridine rings is 1. The largest absolute Gasteiger partial charge is 0.368 e. The van der Waals surface area contributed by atoms with E-state index < -0.39 is 0 Å². The second kappa shape index (κ2) is 7.18. The maximum absolute atomic E-state index is 13.2. The number of halogens is 1. The molecule has 1 saturated heterocycles. The number of piperazine rings is 1. The van der Waals surface area contributed by atoms with Crippen LogP contribution in [0.2, 0.25) is 5.02 Å². The Bertz CT molecular complexity index is 1330. The zero-order valence-electron chi connectivity index (χ0n) is 16.5. The van der Waals surface area contributed by atoms with Crippen LogP contribution in [0.15, 0.2) is 59.5 Å². The van der Waals surface area contributed by atoms with Gasteiger partial charge < -0.3 is 14.4 Å². The zero-order chi connectivity index (χ0) is 20.8. The molecule has 152 valence electrons. The highest BCUT2D eigenvalue weighted by atomic mass is 35.5. The summed E-state index contributed by atoms with van der Waals surface area (Å²) in [5.41, 5.74) is 2.44. The first-order valence-electron chi connectivity index (χ1n) is 9.79. The number of hydrogen-bond acceptors (Lipinski definition) is 4. The van der Waals surface area contributed by atoms with Crippen molar-refractivity contribution < 1.29 is 4.79 Å². The van der Waals surface area contributed by atoms with Gasteiger partial charge in [-0.05, 0) is 36.4 Å². The van der Waals surface area contributed by atoms with Gasteiger partial charge in [-0.15, -0.1) is 0 Å². The minimum absolute atomic E-state index is 0.0882. The number of hydrogen-bond donors (Lipinski definition) is 0. The predicted octanol–water partition coefficient (Wildman–Crippen LogP) is 2.80. The fourth-order valence-electron chi connectivity index (χ4n) is 4.03. The molecule has 7 nitrogen and oxygen atoms in total. The second-order valence-corrected chi connectivity index (χ2v) is 7.87. The van der Waals surface area contributed by atoms with Crippen LogP contribution in [0.3, 0.4) is 0 Å². The molecule has 1 aliphatic rings. The quantitative estimate of drug-likeness (QED) is 0.499. The van der Waals surface area contributed by atoms with Gasteiger partial charge in [0.1, 0.15) is 17.0 Å². The maximum Gasteiger partial charge on any atom is 0.270 e. The van der Waals surface area contributed by atoms with Crippen LogP contribution < -0.4 is 10.5 Å². The van der Waals surface area contributed by atoms with Crippen LogP contribution in [-0.2, 0) is 7.05 Å². The highest BCUT2D eigenvalue weighted by Crippen LogP contribution is 2.22. The van der Waals surface area contributed by atoms with Gasteiger partial charge in [0, 0.05) is 50.1 Å². The minimum Gasteiger partial charge on any atom is -0.368 e. The average Bonchev–Trinajstić information content (AvgIpc) is 3.10. The van der Waals surface area contributed by atoms with Crippen LogP contribution >= 0.6 is 11.6 Å². The molecule has 0 aliphatic carbocycles. The standard InChI is InChI=1S/C22H20ClN5O2/c1-25-18(14-17-20(25)24-19-7-2-3-8-28(19)21(17)29)22(30)27-11-9-26(10-12-27)16-6-4-5-15(23)13-16/h2-8,13-14H,9-12H2,1H3. The summed E-state index contributed by atoms with van der Waals surface area (Å²) in [6, 6.07) is 14.8. The molecule has 30 heavy (non-hydrogen) atoms. The molecular formula is C22H20ClN5O2. The molecule has 0 radical (unpaired) electrons. The molecule has 0 N–H and O–H groups in total. The van der Waals surface area contributed by atoms with Gasteiger partial charge in [-0.1, -0.05) is 23.7 Å². The SMILES string of the molecule is Cn1c(C(=O)N2CCN(c3cccc(Cl)c3)CC2)cc2c(=O)n3ccccc3nc21. The lowest BCUT2D eigenvalue weighted by Gasteiger charge is -2.36. The van der Waals surface area contributed by atoms with E-state index in [4.69, 9.17) is 11.6 Å². The third kappa shape index (κ3) is 3.02. The van der Waals surface area contributed by atoms with E-state index in [0.717, 1.165) is 18.8 Å². The van der Waals surface area contributed by atoms with Crippen molar-refractivity contribution in [2.45, 2.75) is 0 Å². The normalized spacial score (nSPS) is 14.6. The molecule has 0 atom stereocenters. The Hall–Kier alpha value is -3.32. The molecule has 0 bridgehead atoms. The molecule has 0 unspecified atom stereocenters. The summed E-state index contributed by atoms with van der Waals surface area (Å²) in [4.78, 5) is 34.7. The number of carbonyl (C=O) groups is 1. The van der Waals surface area contributed by atoms with Crippen molar-refractivity contribution in [2.75, 3.05) is 31.1 Å². The molecule has 1 aromatic carbocycles. The summed E-state index contributed by atoms with van der Waals surface area (Å²) in [5.74, 6) is -0.0882. The van der Waals surface area contributed by atoms with Crippen LogP contribution in [0.5, 0.6) is 0 Å². The number of nitrogens with zero attached hydrogens (tertiary/aromatic N) is 5. The van der Waals surface area contributed by atoms with E-state index in [1.54, 1.807) is 36.0 Å². The summed E-state index contributed by atoms with van der Waals surface area (Å²) in [6.45, 7) is 2.64. The average molecular weight is 422 g/mol. The fraction of sp³-hybridized carbons (Fsp3) is 0.227. The number of carbonyl (C=O) groups excluding carboxylic acids is 1. The number of amides is 1. The molecule has 4 aromatic rings. The molecule has 8 heteroatoms. The molecule has 5 rings (SSSR count). The number of benzene rings is 1. The number of aryl methyl sites for hydroxylation is 1. The third-order valence-electron chi connectivity index (χ3n) is 5.67. The monoisotopic (exact) mass is 421 g/mol. The van der Waals surface area contributed by atoms with Crippen LogP contribution in [0.25, 0.3) is 16.7 Å². The van der Waals surface area contributed by atoms with Gasteiger partial charge in [-0.3, -0.25) is 14.0 Å². The Kier molecular flexibility index (Phi) is 4.47. The van der Waals surface area contributed by atoms with Crippen molar-refractivity contribution >= 4 is 39.9 Å². The Balaban J connectivity index is 1.43. The smallest absolute Gasteiger partial charge is 0.270 e. The van der Waals surface area contributed by atoms with E-state index in [2.05, 4.69) is 9.88 Å². The van der Waals surface area contributed by atoms with Gasteiger partial charge in [0.25, 0.3) is 11.5 Å². The van der Waals surface area contributed by atoms with Crippen LogP contribution in [0, 0.1) is 0 Å². The Morgan fingerprint density at radius 2 is 1.83 bits per heavy atom. The first-order chi connectivity index (χ1) is 14.5. The molecule has 1 amide bonds. The van der Waals surface area contributed by atoms with Gasteiger partial charge in [0.05, 0.1) is 5.39 Å². The van der Waals surface area contributed by atoms with Crippen LogP contribution in [0.4, 0.5) is 5.69 Å². The summed E-state index contributed by atoms with van der Waals surface area (Å²) >= 11 is 6.10. The molecule has 1 fully saturated rings. The predicted molar refractivity (Wildman–Crippen MR) is 118 cm³/mol. The maximum atomic E-state index is 13.2. The van der Waals surface area contributed by atoms with Crippen molar-refractivity contribution in [3.8, 4) is 0 Å². The van der Waals surface area contributed by atoms with E-state index in [0.29, 0.717) is 40.5 Å². The molecule has 0 saturated carbocycles. The van der Waals surface area contributed by atoms with Crippen molar-refractivity contribution in [3.05, 3.63) is 75.8 Å². The van der Waals surface area contributed by atoms with Crippen molar-refractivity contribution in [1.82, 2.24) is 18.9 Å². The van der Waals surface area contributed by atoms with Crippen molar-refractivity contribution in [2.24, 2.45) is 7.05 Å². The van der Waals surface area contributed by atoms with Gasteiger partial charge in [0.2, 0.25) is 0 Å². The van der Waals surface area contributed by atoms with Crippen molar-refractivity contribution in [3.63, 3.8) is 0 Å². The van der Waals surface area contributed by atoms with E-state index >= 15 is 0 Å². The Morgan fingerprint density at radius 3 is 2.60 bits per heavy atom. The van der Waals surface area contributed by atoms with E-state index in [1.165, 1.54) is 4.40 Å². The van der Waals surface area contributed by atoms with Gasteiger partial charge >= 0.3 is 0 Å². The minimum atomic E-state index is -0.170. The Labute approximate surface area is 177 Å². The summed E-state index contributed by atoms with van der Waals surface area (Å²) < 4.78 is 3.22. The number of anilines is 1. The number of fused-ring (bicyclic) bond motifs is 2. The lowest BCUT2D eigenvalue weighted by Crippen LogP contribution is -2.49. The first kappa shape index (κ1) is 18.7. The molecule has 3 aromatic heterocycles. The van der Waals surface area contributed by atoms with Crippen LogP contribution in [0.1, 0.15) is 10.5 Å². The summed E-state index contributed by atoms with van der Waals surface area (Å²) in [6.07, 6.45) is 1.69. The van der Waals surface area contributed by atoms with E-state index in [-0.39, 0.29) is 11.5 Å².